The normalized spacial score (nSPS) is 13.4. The van der Waals surface area contributed by atoms with E-state index in [9.17, 15) is 4.79 Å². The summed E-state index contributed by atoms with van der Waals surface area (Å²) < 4.78 is 0. The minimum atomic E-state index is -1.11. The van der Waals surface area contributed by atoms with Crippen LogP contribution in [0.2, 0.25) is 0 Å². The molecule has 0 aromatic carbocycles. The Balaban J connectivity index is 2.98. The third-order valence-electron chi connectivity index (χ3n) is 0.539. The molecule has 0 aliphatic rings. The molecule has 0 spiro atoms. The van der Waals surface area contributed by atoms with Gasteiger partial charge in [-0.2, -0.15) is 0 Å². The van der Waals surface area contributed by atoms with Crippen LogP contribution in [0, 0.1) is 0 Å². The summed E-state index contributed by atoms with van der Waals surface area (Å²) in [6, 6.07) is 0. The zero-order valence-corrected chi connectivity index (χ0v) is 3.79. The van der Waals surface area contributed by atoms with Gasteiger partial charge >= 0.3 is 0 Å². The van der Waals surface area contributed by atoms with Gasteiger partial charge in [0.25, 0.3) is 0 Å². The molecule has 0 bridgehead atoms. The highest BCUT2D eigenvalue weighted by Crippen LogP contribution is 1.81. The van der Waals surface area contributed by atoms with Crippen molar-refractivity contribution in [2.24, 2.45) is 0 Å². The van der Waals surface area contributed by atoms with Crippen LogP contribution < -0.4 is 0 Å². The quantitative estimate of drug-likeness (QED) is 0.473. The summed E-state index contributed by atoms with van der Waals surface area (Å²) >= 11 is 0. The van der Waals surface area contributed by atoms with E-state index in [0.717, 1.165) is 0 Å². The van der Waals surface area contributed by atoms with Gasteiger partial charge < -0.3 is 10.2 Å². The number of aliphatic hydroxyl groups excluding tert-OH is 2. The minimum Gasteiger partial charge on any atom is -0.396 e. The second-order valence-electron chi connectivity index (χ2n) is 1.15. The Morgan fingerprint density at radius 2 is 2.29 bits per heavy atom. The van der Waals surface area contributed by atoms with E-state index in [2.05, 4.69) is 0 Å². The molecule has 0 heterocycles. The predicted octanol–water partition coefficient (Wildman–Crippen LogP) is -1.16. The van der Waals surface area contributed by atoms with Crippen LogP contribution in [0.25, 0.3) is 0 Å². The maximum Gasteiger partial charge on any atom is 0.229 e. The molecule has 0 aromatic rings. The molecule has 1 radical (unpaired) electrons. The topological polar surface area (TPSA) is 57.5 Å². The highest BCUT2D eigenvalue weighted by atomic mass is 16.3. The first kappa shape index (κ1) is 6.59. The standard InChI is InChI=1S/C4H7O3/c5-2-1-4(7)3-6/h4-5,7H,1-2H2. The van der Waals surface area contributed by atoms with Gasteiger partial charge in [0.15, 0.2) is 0 Å². The molecule has 41 valence electrons. The van der Waals surface area contributed by atoms with Crippen molar-refractivity contribution in [1.29, 1.82) is 0 Å². The van der Waals surface area contributed by atoms with E-state index in [4.69, 9.17) is 10.2 Å². The van der Waals surface area contributed by atoms with Gasteiger partial charge in [-0.1, -0.05) is 0 Å². The van der Waals surface area contributed by atoms with Gasteiger partial charge in [-0.25, -0.2) is 0 Å². The smallest absolute Gasteiger partial charge is 0.229 e. The van der Waals surface area contributed by atoms with Crippen molar-refractivity contribution in [2.45, 2.75) is 12.5 Å². The van der Waals surface area contributed by atoms with Crippen molar-refractivity contribution < 1.29 is 15.0 Å². The molecule has 0 aliphatic heterocycles. The summed E-state index contributed by atoms with van der Waals surface area (Å²) in [7, 11) is 0. The van der Waals surface area contributed by atoms with E-state index in [1.54, 1.807) is 0 Å². The molecule has 3 nitrogen and oxygen atoms in total. The average molecular weight is 103 g/mol. The van der Waals surface area contributed by atoms with Gasteiger partial charge in [-0.15, -0.1) is 0 Å². The Bertz CT molecular complexity index is 52.9. The molecule has 1 unspecified atom stereocenters. The fourth-order valence-electron chi connectivity index (χ4n) is 0.181. The van der Waals surface area contributed by atoms with Gasteiger partial charge in [0, 0.05) is 13.0 Å². The van der Waals surface area contributed by atoms with Crippen molar-refractivity contribution in [2.75, 3.05) is 6.61 Å². The number of aliphatic hydroxyl groups is 2. The largest absolute Gasteiger partial charge is 0.396 e. The molecular weight excluding hydrogens is 96.0 g/mol. The van der Waals surface area contributed by atoms with Crippen LogP contribution in [0.4, 0.5) is 0 Å². The van der Waals surface area contributed by atoms with Crippen molar-refractivity contribution in [3.63, 3.8) is 0 Å². The summed E-state index contributed by atoms with van der Waals surface area (Å²) in [6.07, 6.45) is 0.292. The first-order valence-corrected chi connectivity index (χ1v) is 1.98. The molecule has 0 fully saturated rings. The SMILES string of the molecule is O=[C]C(O)CCO. The Morgan fingerprint density at radius 3 is 2.43 bits per heavy atom. The first-order chi connectivity index (χ1) is 3.31. The van der Waals surface area contributed by atoms with E-state index in [1.807, 2.05) is 0 Å². The van der Waals surface area contributed by atoms with Gasteiger partial charge in [0.05, 0.1) is 0 Å². The third-order valence-corrected chi connectivity index (χ3v) is 0.539. The number of rotatable bonds is 3. The van der Waals surface area contributed by atoms with Crippen LogP contribution in [0.3, 0.4) is 0 Å². The van der Waals surface area contributed by atoms with Crippen molar-refractivity contribution >= 4 is 6.29 Å². The summed E-state index contributed by atoms with van der Waals surface area (Å²) in [5.41, 5.74) is 0. The number of carbonyl (C=O) groups excluding carboxylic acids is 1. The number of hydrogen-bond acceptors (Lipinski definition) is 3. The Kier molecular flexibility index (Phi) is 3.55. The molecule has 0 aliphatic carbocycles. The van der Waals surface area contributed by atoms with Crippen LogP contribution in [-0.2, 0) is 4.79 Å². The van der Waals surface area contributed by atoms with E-state index in [1.165, 1.54) is 6.29 Å². The van der Waals surface area contributed by atoms with Gasteiger partial charge in [-0.05, 0) is 0 Å². The van der Waals surface area contributed by atoms with Crippen molar-refractivity contribution in [3.8, 4) is 0 Å². The van der Waals surface area contributed by atoms with Crippen LogP contribution in [0.1, 0.15) is 6.42 Å². The molecule has 0 saturated heterocycles. The lowest BCUT2D eigenvalue weighted by Crippen LogP contribution is -2.08. The lowest BCUT2D eigenvalue weighted by atomic mass is 10.3. The third kappa shape index (κ3) is 3.42. The van der Waals surface area contributed by atoms with Crippen LogP contribution in [0.5, 0.6) is 0 Å². The van der Waals surface area contributed by atoms with Gasteiger partial charge in [0.2, 0.25) is 6.29 Å². The molecule has 0 amide bonds. The van der Waals surface area contributed by atoms with Crippen LogP contribution >= 0.6 is 0 Å². The zero-order valence-electron chi connectivity index (χ0n) is 3.79. The molecule has 7 heavy (non-hydrogen) atoms. The molecular formula is C4H7O3. The zero-order chi connectivity index (χ0) is 5.70. The van der Waals surface area contributed by atoms with E-state index in [0.29, 0.717) is 0 Å². The van der Waals surface area contributed by atoms with E-state index in [-0.39, 0.29) is 13.0 Å². The summed E-state index contributed by atoms with van der Waals surface area (Å²) in [6.45, 7) is -0.170. The van der Waals surface area contributed by atoms with Crippen molar-refractivity contribution in [3.05, 3.63) is 0 Å². The summed E-state index contributed by atoms with van der Waals surface area (Å²) in [4.78, 5) is 9.41. The maximum absolute atomic E-state index is 9.41. The Hall–Kier alpha value is -0.410. The molecule has 2 N–H and O–H groups in total. The molecule has 0 rings (SSSR count). The van der Waals surface area contributed by atoms with Crippen LogP contribution in [-0.4, -0.2) is 29.2 Å². The lowest BCUT2D eigenvalue weighted by molar-refractivity contribution is 0.179. The molecule has 0 aromatic heterocycles. The average Bonchev–Trinajstić information content (AvgIpc) is 1.68. The summed E-state index contributed by atoms with van der Waals surface area (Å²) in [5, 5.41) is 16.3. The monoisotopic (exact) mass is 103 g/mol. The minimum absolute atomic E-state index is 0.0868. The van der Waals surface area contributed by atoms with Crippen LogP contribution in [0.15, 0.2) is 0 Å². The highest BCUT2D eigenvalue weighted by molar-refractivity contribution is 5.56. The first-order valence-electron chi connectivity index (χ1n) is 1.98. The van der Waals surface area contributed by atoms with E-state index < -0.39 is 6.10 Å². The van der Waals surface area contributed by atoms with Gasteiger partial charge in [0.1, 0.15) is 6.10 Å². The fourth-order valence-corrected chi connectivity index (χ4v) is 0.181. The fraction of sp³-hybridized carbons (Fsp3) is 0.750. The Morgan fingerprint density at radius 1 is 1.71 bits per heavy atom. The highest BCUT2D eigenvalue weighted by Gasteiger charge is 1.97. The maximum atomic E-state index is 9.41. The molecule has 3 heteroatoms. The number of hydrogen-bond donors (Lipinski definition) is 2. The molecule has 1 atom stereocenters. The second kappa shape index (κ2) is 3.77. The summed E-state index contributed by atoms with van der Waals surface area (Å²) in [5.74, 6) is 0. The lowest BCUT2D eigenvalue weighted by Gasteiger charge is -1.92. The second-order valence-corrected chi connectivity index (χ2v) is 1.15. The van der Waals surface area contributed by atoms with Gasteiger partial charge in [-0.3, -0.25) is 4.79 Å². The Labute approximate surface area is 41.6 Å². The van der Waals surface area contributed by atoms with Crippen molar-refractivity contribution in [1.82, 2.24) is 0 Å². The predicted molar refractivity (Wildman–Crippen MR) is 23.4 cm³/mol. The molecule has 0 saturated carbocycles. The van der Waals surface area contributed by atoms with E-state index >= 15 is 0 Å².